The van der Waals surface area contributed by atoms with E-state index in [0.29, 0.717) is 6.54 Å². The Hall–Kier alpha value is -2.35. The maximum Gasteiger partial charge on any atom is 0.250 e. The van der Waals surface area contributed by atoms with Crippen molar-refractivity contribution >= 4 is 12.0 Å². The molecular formula is C18H17NO. The summed E-state index contributed by atoms with van der Waals surface area (Å²) < 4.78 is 0. The lowest BCUT2D eigenvalue weighted by molar-refractivity contribution is -0.125. The zero-order valence-corrected chi connectivity index (χ0v) is 11.3. The normalized spacial score (nSPS) is 16.9. The van der Waals surface area contributed by atoms with Gasteiger partial charge in [0, 0.05) is 18.7 Å². The van der Waals surface area contributed by atoms with Crippen LogP contribution < -0.4 is 0 Å². The number of likely N-dealkylation sites (tertiary alicyclic amines) is 1. The molecule has 1 saturated heterocycles. The van der Waals surface area contributed by atoms with Crippen molar-refractivity contribution in [3.05, 3.63) is 77.4 Å². The molecule has 0 aliphatic carbocycles. The van der Waals surface area contributed by atoms with E-state index < -0.39 is 0 Å². The highest BCUT2D eigenvalue weighted by Gasteiger charge is 2.25. The summed E-state index contributed by atoms with van der Waals surface area (Å²) in [5, 5.41) is 0. The summed E-state index contributed by atoms with van der Waals surface area (Å²) in [6, 6.07) is 20.2. The molecule has 0 radical (unpaired) electrons. The SMILES string of the molecule is O=C1/C(=C/c2ccccc2)CCN1Cc1ccccc1. The summed E-state index contributed by atoms with van der Waals surface area (Å²) in [5.74, 6) is 0.165. The Kier molecular flexibility index (Phi) is 3.64. The van der Waals surface area contributed by atoms with Crippen LogP contribution in [-0.4, -0.2) is 17.4 Å². The Labute approximate surface area is 119 Å². The molecule has 1 aliphatic heterocycles. The van der Waals surface area contributed by atoms with Gasteiger partial charge in [-0.05, 0) is 23.6 Å². The average Bonchev–Trinajstić information content (AvgIpc) is 2.83. The molecule has 1 fully saturated rings. The van der Waals surface area contributed by atoms with Gasteiger partial charge in [0.1, 0.15) is 0 Å². The minimum absolute atomic E-state index is 0.165. The molecule has 2 aromatic rings. The van der Waals surface area contributed by atoms with E-state index in [1.807, 2.05) is 59.5 Å². The van der Waals surface area contributed by atoms with Gasteiger partial charge in [0.05, 0.1) is 0 Å². The first-order chi connectivity index (χ1) is 9.83. The maximum absolute atomic E-state index is 12.4. The number of hydrogen-bond acceptors (Lipinski definition) is 1. The third kappa shape index (κ3) is 2.80. The largest absolute Gasteiger partial charge is 0.334 e. The second-order valence-electron chi connectivity index (χ2n) is 5.04. The summed E-state index contributed by atoms with van der Waals surface area (Å²) in [5.41, 5.74) is 3.19. The number of carbonyl (C=O) groups excluding carboxylic acids is 1. The number of benzene rings is 2. The van der Waals surface area contributed by atoms with Crippen molar-refractivity contribution in [2.75, 3.05) is 6.54 Å². The molecule has 1 aliphatic rings. The molecule has 20 heavy (non-hydrogen) atoms. The van der Waals surface area contributed by atoms with Gasteiger partial charge in [-0.3, -0.25) is 4.79 Å². The fraction of sp³-hybridized carbons (Fsp3) is 0.167. The van der Waals surface area contributed by atoms with E-state index in [9.17, 15) is 4.79 Å². The standard InChI is InChI=1S/C18H17NO/c20-18-17(13-15-7-3-1-4-8-15)11-12-19(18)14-16-9-5-2-6-10-16/h1-10,13H,11-12,14H2/b17-13+. The van der Waals surface area contributed by atoms with Crippen LogP contribution in [0.5, 0.6) is 0 Å². The second kappa shape index (κ2) is 5.74. The van der Waals surface area contributed by atoms with E-state index in [-0.39, 0.29) is 5.91 Å². The van der Waals surface area contributed by atoms with Gasteiger partial charge >= 0.3 is 0 Å². The highest BCUT2D eigenvalue weighted by molar-refractivity contribution is 5.99. The van der Waals surface area contributed by atoms with E-state index >= 15 is 0 Å². The average molecular weight is 263 g/mol. The molecule has 1 heterocycles. The van der Waals surface area contributed by atoms with Crippen LogP contribution in [-0.2, 0) is 11.3 Å². The third-order valence-corrected chi connectivity index (χ3v) is 3.57. The van der Waals surface area contributed by atoms with Crippen LogP contribution in [0.3, 0.4) is 0 Å². The Morgan fingerprint density at radius 2 is 1.60 bits per heavy atom. The van der Waals surface area contributed by atoms with Crippen LogP contribution in [0.25, 0.3) is 6.08 Å². The van der Waals surface area contributed by atoms with E-state index in [1.165, 1.54) is 5.56 Å². The highest BCUT2D eigenvalue weighted by atomic mass is 16.2. The van der Waals surface area contributed by atoms with Crippen LogP contribution in [0.1, 0.15) is 17.5 Å². The van der Waals surface area contributed by atoms with Crippen molar-refractivity contribution < 1.29 is 4.79 Å². The van der Waals surface area contributed by atoms with Gasteiger partial charge in [0.2, 0.25) is 5.91 Å². The zero-order chi connectivity index (χ0) is 13.8. The molecular weight excluding hydrogens is 246 g/mol. The molecule has 0 atom stereocenters. The molecule has 0 bridgehead atoms. The smallest absolute Gasteiger partial charge is 0.250 e. The van der Waals surface area contributed by atoms with Gasteiger partial charge in [-0.1, -0.05) is 60.7 Å². The zero-order valence-electron chi connectivity index (χ0n) is 11.3. The molecule has 0 N–H and O–H groups in total. The predicted octanol–water partition coefficient (Wildman–Crippen LogP) is 3.50. The van der Waals surface area contributed by atoms with Crippen molar-refractivity contribution in [1.82, 2.24) is 4.90 Å². The fourth-order valence-electron chi connectivity index (χ4n) is 2.51. The van der Waals surface area contributed by atoms with Crippen LogP contribution >= 0.6 is 0 Å². The third-order valence-electron chi connectivity index (χ3n) is 3.57. The minimum Gasteiger partial charge on any atom is -0.334 e. The van der Waals surface area contributed by atoms with Crippen molar-refractivity contribution in [3.8, 4) is 0 Å². The number of amides is 1. The van der Waals surface area contributed by atoms with Gasteiger partial charge in [-0.25, -0.2) is 0 Å². The van der Waals surface area contributed by atoms with Gasteiger partial charge in [0.15, 0.2) is 0 Å². The number of hydrogen-bond donors (Lipinski definition) is 0. The second-order valence-corrected chi connectivity index (χ2v) is 5.04. The summed E-state index contributed by atoms with van der Waals surface area (Å²) in [6.07, 6.45) is 2.84. The molecule has 2 heteroatoms. The van der Waals surface area contributed by atoms with Crippen molar-refractivity contribution in [2.24, 2.45) is 0 Å². The molecule has 2 aromatic carbocycles. The lowest BCUT2D eigenvalue weighted by Gasteiger charge is -2.15. The monoisotopic (exact) mass is 263 g/mol. The van der Waals surface area contributed by atoms with Crippen molar-refractivity contribution in [3.63, 3.8) is 0 Å². The van der Waals surface area contributed by atoms with Crippen LogP contribution in [0, 0.1) is 0 Å². The summed E-state index contributed by atoms with van der Waals surface area (Å²) in [7, 11) is 0. The van der Waals surface area contributed by atoms with Crippen LogP contribution in [0.4, 0.5) is 0 Å². The maximum atomic E-state index is 12.4. The van der Waals surface area contributed by atoms with Gasteiger partial charge < -0.3 is 4.90 Å². The Morgan fingerprint density at radius 3 is 2.30 bits per heavy atom. The van der Waals surface area contributed by atoms with Crippen molar-refractivity contribution in [1.29, 1.82) is 0 Å². The molecule has 2 nitrogen and oxygen atoms in total. The lowest BCUT2D eigenvalue weighted by atomic mass is 10.1. The van der Waals surface area contributed by atoms with Gasteiger partial charge in [0.25, 0.3) is 0 Å². The Morgan fingerprint density at radius 1 is 0.950 bits per heavy atom. The number of rotatable bonds is 3. The van der Waals surface area contributed by atoms with Crippen molar-refractivity contribution in [2.45, 2.75) is 13.0 Å². The van der Waals surface area contributed by atoms with Gasteiger partial charge in [-0.15, -0.1) is 0 Å². The summed E-state index contributed by atoms with van der Waals surface area (Å²) in [6.45, 7) is 1.51. The Bertz CT molecular complexity index is 616. The molecule has 0 spiro atoms. The summed E-state index contributed by atoms with van der Waals surface area (Å²) >= 11 is 0. The lowest BCUT2D eigenvalue weighted by Crippen LogP contribution is -2.24. The van der Waals surface area contributed by atoms with E-state index in [2.05, 4.69) is 12.1 Å². The van der Waals surface area contributed by atoms with E-state index in [0.717, 1.165) is 24.1 Å². The number of carbonyl (C=O) groups is 1. The molecule has 3 rings (SSSR count). The highest BCUT2D eigenvalue weighted by Crippen LogP contribution is 2.22. The number of nitrogens with zero attached hydrogens (tertiary/aromatic N) is 1. The molecule has 0 unspecified atom stereocenters. The van der Waals surface area contributed by atoms with E-state index in [1.54, 1.807) is 0 Å². The predicted molar refractivity (Wildman–Crippen MR) is 80.9 cm³/mol. The Balaban J connectivity index is 1.73. The summed E-state index contributed by atoms with van der Waals surface area (Å²) in [4.78, 5) is 14.3. The minimum atomic E-state index is 0.165. The first-order valence-corrected chi connectivity index (χ1v) is 6.92. The first kappa shape index (κ1) is 12.7. The first-order valence-electron chi connectivity index (χ1n) is 6.92. The van der Waals surface area contributed by atoms with Gasteiger partial charge in [-0.2, -0.15) is 0 Å². The molecule has 0 saturated carbocycles. The molecule has 100 valence electrons. The van der Waals surface area contributed by atoms with Crippen LogP contribution in [0.2, 0.25) is 0 Å². The quantitative estimate of drug-likeness (QED) is 0.776. The van der Waals surface area contributed by atoms with E-state index in [4.69, 9.17) is 0 Å². The topological polar surface area (TPSA) is 20.3 Å². The van der Waals surface area contributed by atoms with Crippen LogP contribution in [0.15, 0.2) is 66.2 Å². The molecule has 0 aromatic heterocycles. The molecule has 1 amide bonds. The fourth-order valence-corrected chi connectivity index (χ4v) is 2.51.